The van der Waals surface area contributed by atoms with E-state index in [1.54, 1.807) is 36.4 Å². The maximum Gasteiger partial charge on any atom is 0.271 e. The fourth-order valence-corrected chi connectivity index (χ4v) is 1.28. The molecule has 18 heavy (non-hydrogen) atoms. The summed E-state index contributed by atoms with van der Waals surface area (Å²) in [5.74, 6) is 0.206. The lowest BCUT2D eigenvalue weighted by Gasteiger charge is -2.01. The second kappa shape index (κ2) is 5.65. The number of hydrogen-bond donors (Lipinski definition) is 3. The van der Waals surface area contributed by atoms with E-state index in [2.05, 4.69) is 10.5 Å². The predicted molar refractivity (Wildman–Crippen MR) is 65.6 cm³/mol. The summed E-state index contributed by atoms with van der Waals surface area (Å²) in [4.78, 5) is 11.6. The van der Waals surface area contributed by atoms with E-state index in [9.17, 15) is 4.79 Å². The number of carbonyl (C=O) groups is 1. The van der Waals surface area contributed by atoms with E-state index < -0.39 is 0 Å². The fourth-order valence-electron chi connectivity index (χ4n) is 1.28. The van der Waals surface area contributed by atoms with Gasteiger partial charge in [-0.05, 0) is 36.4 Å². The second-order valence-electron chi connectivity index (χ2n) is 3.40. The highest BCUT2D eigenvalue weighted by atomic mass is 16.5. The number of hydrazone groups is 1. The first-order valence-electron chi connectivity index (χ1n) is 5.16. The Hall–Kier alpha value is -2.60. The van der Waals surface area contributed by atoms with Crippen molar-refractivity contribution < 1.29 is 14.4 Å². The van der Waals surface area contributed by atoms with Crippen molar-refractivity contribution in [3.63, 3.8) is 0 Å². The summed E-state index contributed by atoms with van der Waals surface area (Å²) in [6, 6.07) is 9.73. The molecule has 1 aromatic carbocycles. The summed E-state index contributed by atoms with van der Waals surface area (Å²) < 4.78 is 5.01. The standard InChI is InChI=1S/C12H11N3O3/c16-12(9-3-5-10(15-17)6-4-9)14-13-8-11-2-1-7-18-11/h1-8,15,17H,(H,14,16)/b13-8+. The zero-order valence-electron chi connectivity index (χ0n) is 9.33. The molecular weight excluding hydrogens is 234 g/mol. The Morgan fingerprint density at radius 1 is 1.28 bits per heavy atom. The number of rotatable bonds is 4. The lowest BCUT2D eigenvalue weighted by Crippen LogP contribution is -2.17. The van der Waals surface area contributed by atoms with E-state index in [1.807, 2.05) is 5.48 Å². The molecule has 6 nitrogen and oxygen atoms in total. The van der Waals surface area contributed by atoms with Crippen molar-refractivity contribution >= 4 is 17.8 Å². The van der Waals surface area contributed by atoms with Gasteiger partial charge in [-0.2, -0.15) is 5.10 Å². The van der Waals surface area contributed by atoms with Crippen molar-refractivity contribution in [1.29, 1.82) is 0 Å². The second-order valence-corrected chi connectivity index (χ2v) is 3.40. The molecule has 2 aromatic rings. The molecule has 0 unspecified atom stereocenters. The third kappa shape index (κ3) is 2.96. The molecule has 0 saturated carbocycles. The molecule has 0 bridgehead atoms. The Morgan fingerprint density at radius 2 is 2.06 bits per heavy atom. The molecule has 0 saturated heterocycles. The Morgan fingerprint density at radius 3 is 2.67 bits per heavy atom. The van der Waals surface area contributed by atoms with Crippen LogP contribution in [0.4, 0.5) is 5.69 Å². The van der Waals surface area contributed by atoms with Crippen molar-refractivity contribution in [1.82, 2.24) is 5.43 Å². The van der Waals surface area contributed by atoms with Crippen LogP contribution in [0.15, 0.2) is 52.2 Å². The van der Waals surface area contributed by atoms with Crippen molar-refractivity contribution in [3.8, 4) is 0 Å². The fraction of sp³-hybridized carbons (Fsp3) is 0. The van der Waals surface area contributed by atoms with E-state index in [4.69, 9.17) is 9.62 Å². The highest BCUT2D eigenvalue weighted by Crippen LogP contribution is 2.08. The summed E-state index contributed by atoms with van der Waals surface area (Å²) >= 11 is 0. The average molecular weight is 245 g/mol. The van der Waals surface area contributed by atoms with Gasteiger partial charge in [0.1, 0.15) is 5.76 Å². The lowest BCUT2D eigenvalue weighted by atomic mass is 10.2. The summed E-state index contributed by atoms with van der Waals surface area (Å²) in [6.07, 6.45) is 2.92. The molecular formula is C12H11N3O3. The minimum Gasteiger partial charge on any atom is -0.463 e. The maximum absolute atomic E-state index is 11.6. The molecule has 2 rings (SSSR count). The quantitative estimate of drug-likeness (QED) is 0.566. The molecule has 0 fully saturated rings. The van der Waals surface area contributed by atoms with Crippen LogP contribution in [0.1, 0.15) is 16.1 Å². The number of carbonyl (C=O) groups excluding carboxylic acids is 1. The van der Waals surface area contributed by atoms with Crippen molar-refractivity contribution in [3.05, 3.63) is 54.0 Å². The first-order chi connectivity index (χ1) is 8.79. The number of nitrogens with one attached hydrogen (secondary N) is 2. The van der Waals surface area contributed by atoms with Gasteiger partial charge in [0, 0.05) is 5.56 Å². The number of benzene rings is 1. The van der Waals surface area contributed by atoms with Crippen LogP contribution >= 0.6 is 0 Å². The molecule has 3 N–H and O–H groups in total. The van der Waals surface area contributed by atoms with Crippen LogP contribution in [-0.4, -0.2) is 17.3 Å². The van der Waals surface area contributed by atoms with E-state index in [0.717, 1.165) is 0 Å². The molecule has 0 aliphatic carbocycles. The van der Waals surface area contributed by atoms with Gasteiger partial charge in [-0.15, -0.1) is 0 Å². The van der Waals surface area contributed by atoms with Crippen LogP contribution in [0.2, 0.25) is 0 Å². The van der Waals surface area contributed by atoms with Gasteiger partial charge in [0.15, 0.2) is 0 Å². The summed E-state index contributed by atoms with van der Waals surface area (Å²) in [5.41, 5.74) is 5.28. The highest BCUT2D eigenvalue weighted by molar-refractivity contribution is 5.95. The highest BCUT2D eigenvalue weighted by Gasteiger charge is 2.03. The van der Waals surface area contributed by atoms with Gasteiger partial charge >= 0.3 is 0 Å². The largest absolute Gasteiger partial charge is 0.463 e. The van der Waals surface area contributed by atoms with E-state index >= 15 is 0 Å². The maximum atomic E-state index is 11.6. The molecule has 0 atom stereocenters. The number of amides is 1. The minimum absolute atomic E-state index is 0.345. The summed E-state index contributed by atoms with van der Waals surface area (Å²) in [7, 11) is 0. The van der Waals surface area contributed by atoms with Crippen LogP contribution in [0.25, 0.3) is 0 Å². The first-order valence-corrected chi connectivity index (χ1v) is 5.16. The summed E-state index contributed by atoms with van der Waals surface area (Å²) in [6.45, 7) is 0. The Bertz CT molecular complexity index is 532. The monoisotopic (exact) mass is 245 g/mol. The van der Waals surface area contributed by atoms with E-state index in [0.29, 0.717) is 17.0 Å². The normalized spacial score (nSPS) is 10.5. The molecule has 92 valence electrons. The Balaban J connectivity index is 1.95. The van der Waals surface area contributed by atoms with Gasteiger partial charge in [-0.25, -0.2) is 5.43 Å². The smallest absolute Gasteiger partial charge is 0.271 e. The lowest BCUT2D eigenvalue weighted by molar-refractivity contribution is 0.0955. The molecule has 1 aromatic heterocycles. The Labute approximate surface area is 103 Å². The number of furan rings is 1. The molecule has 0 aliphatic heterocycles. The van der Waals surface area contributed by atoms with Crippen LogP contribution < -0.4 is 10.9 Å². The minimum atomic E-state index is -0.345. The molecule has 1 heterocycles. The zero-order valence-corrected chi connectivity index (χ0v) is 9.33. The van der Waals surface area contributed by atoms with E-state index in [1.165, 1.54) is 12.5 Å². The number of anilines is 1. The third-order valence-corrected chi connectivity index (χ3v) is 2.18. The number of nitrogens with zero attached hydrogens (tertiary/aromatic N) is 1. The van der Waals surface area contributed by atoms with Crippen LogP contribution in [0, 0.1) is 0 Å². The molecule has 6 heteroatoms. The van der Waals surface area contributed by atoms with Crippen molar-refractivity contribution in [2.75, 3.05) is 5.48 Å². The first kappa shape index (κ1) is 11.9. The molecule has 0 radical (unpaired) electrons. The predicted octanol–water partition coefficient (Wildman–Crippen LogP) is 1.84. The zero-order chi connectivity index (χ0) is 12.8. The van der Waals surface area contributed by atoms with Crippen LogP contribution in [0.5, 0.6) is 0 Å². The van der Waals surface area contributed by atoms with Gasteiger partial charge in [-0.1, -0.05) is 0 Å². The van der Waals surface area contributed by atoms with Gasteiger partial charge in [0.2, 0.25) is 0 Å². The van der Waals surface area contributed by atoms with Gasteiger partial charge in [0.25, 0.3) is 5.91 Å². The van der Waals surface area contributed by atoms with Gasteiger partial charge in [0.05, 0.1) is 18.2 Å². The topological polar surface area (TPSA) is 86.9 Å². The van der Waals surface area contributed by atoms with Crippen LogP contribution in [-0.2, 0) is 0 Å². The molecule has 1 amide bonds. The number of hydrogen-bond acceptors (Lipinski definition) is 5. The van der Waals surface area contributed by atoms with E-state index in [-0.39, 0.29) is 5.91 Å². The SMILES string of the molecule is O=C(N/N=C/c1ccco1)c1ccc(NO)cc1. The molecule has 0 spiro atoms. The van der Waals surface area contributed by atoms with Gasteiger partial charge in [-0.3, -0.25) is 15.5 Å². The van der Waals surface area contributed by atoms with Crippen molar-refractivity contribution in [2.45, 2.75) is 0 Å². The molecule has 0 aliphatic rings. The summed E-state index contributed by atoms with van der Waals surface area (Å²) in [5, 5.41) is 12.4. The third-order valence-electron chi connectivity index (χ3n) is 2.18. The van der Waals surface area contributed by atoms with Crippen molar-refractivity contribution in [2.24, 2.45) is 5.10 Å². The average Bonchev–Trinajstić information content (AvgIpc) is 2.92. The van der Waals surface area contributed by atoms with Crippen LogP contribution in [0.3, 0.4) is 0 Å². The van der Waals surface area contributed by atoms with Gasteiger partial charge < -0.3 is 4.42 Å². The Kier molecular flexibility index (Phi) is 3.72.